The molecule has 6 nitrogen and oxygen atoms in total. The monoisotopic (exact) mass is 168 g/mol. The molecule has 0 aromatic rings. The molecule has 0 rings (SSSR count). The fourth-order valence-corrected chi connectivity index (χ4v) is 0.575. The second-order valence-corrected chi connectivity index (χ2v) is 2.08. The molecule has 1 atom stereocenters. The molecular formula is C3H6NO5S-. The van der Waals surface area contributed by atoms with Crippen LogP contribution in [0.25, 0.3) is 0 Å². The van der Waals surface area contributed by atoms with Crippen molar-refractivity contribution in [3.05, 3.63) is 10.1 Å². The molecule has 0 spiro atoms. The first-order valence-corrected chi connectivity index (χ1v) is 3.47. The molecule has 0 aromatic carbocycles. The summed E-state index contributed by atoms with van der Waals surface area (Å²) in [5, 5.41) is 9.64. The van der Waals surface area contributed by atoms with E-state index in [2.05, 4.69) is 4.18 Å². The maximum atomic E-state index is 9.65. The van der Waals surface area contributed by atoms with Crippen molar-refractivity contribution in [1.82, 2.24) is 0 Å². The minimum Gasteiger partial charge on any atom is -0.750 e. The summed E-state index contributed by atoms with van der Waals surface area (Å²) >= 11 is -2.55. The largest absolute Gasteiger partial charge is 0.750 e. The highest BCUT2D eigenvalue weighted by Gasteiger charge is 1.95. The number of hydrogen-bond donors (Lipinski definition) is 0. The van der Waals surface area contributed by atoms with Gasteiger partial charge in [-0.1, -0.05) is 0 Å². The molecule has 0 radical (unpaired) electrons. The topological polar surface area (TPSA) is 92.5 Å². The van der Waals surface area contributed by atoms with Gasteiger partial charge in [0, 0.05) is 11.3 Å². The van der Waals surface area contributed by atoms with Crippen LogP contribution in [0.15, 0.2) is 0 Å². The molecule has 0 aliphatic heterocycles. The second-order valence-electron chi connectivity index (χ2n) is 1.44. The van der Waals surface area contributed by atoms with E-state index < -0.39 is 16.3 Å². The molecule has 0 saturated carbocycles. The lowest BCUT2D eigenvalue weighted by Crippen LogP contribution is -2.05. The van der Waals surface area contributed by atoms with E-state index >= 15 is 0 Å². The standard InChI is InChI=1S/C3H7NO5S/c5-4(6)2-1-3-9-10(7)8/h1-3H2,(H,7,8)/p-1. The quantitative estimate of drug-likeness (QED) is 0.238. The summed E-state index contributed by atoms with van der Waals surface area (Å²) in [6.07, 6.45) is 0.112. The molecular weight excluding hydrogens is 162 g/mol. The maximum absolute atomic E-state index is 9.65. The van der Waals surface area contributed by atoms with Crippen molar-refractivity contribution in [2.75, 3.05) is 13.2 Å². The average Bonchev–Trinajstić information content (AvgIpc) is 1.79. The van der Waals surface area contributed by atoms with Gasteiger partial charge in [-0.15, -0.1) is 0 Å². The van der Waals surface area contributed by atoms with Crippen LogP contribution in [0, 0.1) is 10.1 Å². The van der Waals surface area contributed by atoms with E-state index in [1.54, 1.807) is 0 Å². The van der Waals surface area contributed by atoms with Crippen molar-refractivity contribution in [3.8, 4) is 0 Å². The van der Waals surface area contributed by atoms with Gasteiger partial charge < -0.3 is 8.74 Å². The molecule has 0 aliphatic carbocycles. The molecule has 10 heavy (non-hydrogen) atoms. The van der Waals surface area contributed by atoms with E-state index in [-0.39, 0.29) is 19.6 Å². The Bertz CT molecular complexity index is 121. The summed E-state index contributed by atoms with van der Waals surface area (Å²) in [4.78, 5) is 9.11. The lowest BCUT2D eigenvalue weighted by molar-refractivity contribution is -0.480. The van der Waals surface area contributed by atoms with Gasteiger partial charge in [0.05, 0.1) is 18.0 Å². The van der Waals surface area contributed by atoms with Crippen molar-refractivity contribution < 1.29 is 17.9 Å². The third-order valence-corrected chi connectivity index (χ3v) is 1.02. The van der Waals surface area contributed by atoms with E-state index in [0.717, 1.165) is 0 Å². The van der Waals surface area contributed by atoms with Crippen molar-refractivity contribution in [2.24, 2.45) is 0 Å². The Morgan fingerprint density at radius 3 is 2.60 bits per heavy atom. The average molecular weight is 168 g/mol. The molecule has 0 bridgehead atoms. The molecule has 60 valence electrons. The van der Waals surface area contributed by atoms with E-state index in [1.165, 1.54) is 0 Å². The van der Waals surface area contributed by atoms with Gasteiger partial charge >= 0.3 is 0 Å². The van der Waals surface area contributed by atoms with Crippen molar-refractivity contribution in [3.63, 3.8) is 0 Å². The lowest BCUT2D eigenvalue weighted by atomic mass is 10.5. The van der Waals surface area contributed by atoms with Crippen molar-refractivity contribution in [1.29, 1.82) is 0 Å². The second kappa shape index (κ2) is 5.27. The molecule has 7 heteroatoms. The van der Waals surface area contributed by atoms with Crippen LogP contribution < -0.4 is 0 Å². The molecule has 0 saturated heterocycles. The molecule has 0 amide bonds. The lowest BCUT2D eigenvalue weighted by Gasteiger charge is -2.02. The Balaban J connectivity index is 3.06. The van der Waals surface area contributed by atoms with Crippen LogP contribution in [-0.4, -0.2) is 26.8 Å². The Kier molecular flexibility index (Phi) is 4.99. The smallest absolute Gasteiger partial charge is 0.206 e. The highest BCUT2D eigenvalue weighted by Crippen LogP contribution is 1.84. The minimum atomic E-state index is -2.55. The summed E-state index contributed by atoms with van der Waals surface area (Å²) in [5.41, 5.74) is 0. The summed E-state index contributed by atoms with van der Waals surface area (Å²) in [7, 11) is 0. The predicted octanol–water partition coefficient (Wildman–Crippen LogP) is -0.536. The van der Waals surface area contributed by atoms with Crippen LogP contribution in [0.3, 0.4) is 0 Å². The van der Waals surface area contributed by atoms with E-state index in [0.29, 0.717) is 0 Å². The van der Waals surface area contributed by atoms with Crippen LogP contribution in [0.2, 0.25) is 0 Å². The SMILES string of the molecule is O=[N+]([O-])CCCOS(=O)[O-]. The predicted molar refractivity (Wildman–Crippen MR) is 31.4 cm³/mol. The third kappa shape index (κ3) is 7.47. The van der Waals surface area contributed by atoms with Crippen LogP contribution >= 0.6 is 0 Å². The number of nitrogens with zero attached hydrogens (tertiary/aromatic N) is 1. The van der Waals surface area contributed by atoms with Crippen molar-refractivity contribution in [2.45, 2.75) is 6.42 Å². The molecule has 0 aliphatic rings. The van der Waals surface area contributed by atoms with Crippen molar-refractivity contribution >= 4 is 11.4 Å². The van der Waals surface area contributed by atoms with Gasteiger partial charge in [0.1, 0.15) is 0 Å². The van der Waals surface area contributed by atoms with Gasteiger partial charge in [-0.25, -0.2) is 4.21 Å². The summed E-state index contributed by atoms with van der Waals surface area (Å²) in [6, 6.07) is 0. The summed E-state index contributed by atoms with van der Waals surface area (Å²) in [5.74, 6) is 0. The van der Waals surface area contributed by atoms with Gasteiger partial charge in [0.25, 0.3) is 0 Å². The van der Waals surface area contributed by atoms with Gasteiger partial charge in [-0.05, 0) is 0 Å². The minimum absolute atomic E-state index is 0.112. The number of hydrogen-bond acceptors (Lipinski definition) is 5. The normalized spacial score (nSPS) is 12.9. The first-order chi connectivity index (χ1) is 4.63. The Morgan fingerprint density at radius 1 is 1.60 bits per heavy atom. The first kappa shape index (κ1) is 9.47. The zero-order valence-electron chi connectivity index (χ0n) is 5.02. The molecule has 0 N–H and O–H groups in total. The number of rotatable bonds is 5. The van der Waals surface area contributed by atoms with Crippen LogP contribution in [-0.2, 0) is 15.5 Å². The van der Waals surface area contributed by atoms with E-state index in [4.69, 9.17) is 0 Å². The molecule has 0 aromatic heterocycles. The highest BCUT2D eigenvalue weighted by atomic mass is 32.2. The van der Waals surface area contributed by atoms with Crippen LogP contribution in [0.5, 0.6) is 0 Å². The number of nitro groups is 1. The summed E-state index contributed by atoms with van der Waals surface area (Å²) < 4.78 is 23.3. The molecule has 0 fully saturated rings. The highest BCUT2D eigenvalue weighted by molar-refractivity contribution is 7.74. The molecule has 1 unspecified atom stereocenters. The fraction of sp³-hybridized carbons (Fsp3) is 1.00. The Hall–Kier alpha value is -0.530. The first-order valence-electron chi connectivity index (χ1n) is 2.47. The van der Waals surface area contributed by atoms with Gasteiger partial charge in [-0.3, -0.25) is 10.1 Å². The molecule has 0 heterocycles. The van der Waals surface area contributed by atoms with Gasteiger partial charge in [0.2, 0.25) is 6.54 Å². The van der Waals surface area contributed by atoms with E-state index in [1.807, 2.05) is 0 Å². The Morgan fingerprint density at radius 2 is 2.20 bits per heavy atom. The van der Waals surface area contributed by atoms with Crippen LogP contribution in [0.1, 0.15) is 6.42 Å². The van der Waals surface area contributed by atoms with Crippen LogP contribution in [0.4, 0.5) is 0 Å². The zero-order valence-corrected chi connectivity index (χ0v) is 5.83. The van der Waals surface area contributed by atoms with Gasteiger partial charge in [0.15, 0.2) is 0 Å². The van der Waals surface area contributed by atoms with Gasteiger partial charge in [-0.2, -0.15) is 0 Å². The summed E-state index contributed by atoms with van der Waals surface area (Å²) in [6.45, 7) is -0.395. The maximum Gasteiger partial charge on any atom is 0.206 e. The fourth-order valence-electron chi connectivity index (χ4n) is 0.321. The van der Waals surface area contributed by atoms with E-state index in [9.17, 15) is 18.9 Å². The Labute approximate surface area is 59.8 Å². The third-order valence-electron chi connectivity index (χ3n) is 0.665. The zero-order chi connectivity index (χ0) is 7.98.